The van der Waals surface area contributed by atoms with Crippen molar-refractivity contribution < 1.29 is 17.9 Å². The van der Waals surface area contributed by atoms with Crippen molar-refractivity contribution >= 4 is 39.3 Å². The van der Waals surface area contributed by atoms with E-state index < -0.39 is 15.8 Å². The summed E-state index contributed by atoms with van der Waals surface area (Å²) >= 11 is 2.76. The molecule has 0 amide bonds. The van der Waals surface area contributed by atoms with Gasteiger partial charge in [-0.25, -0.2) is 13.2 Å². The van der Waals surface area contributed by atoms with Crippen LogP contribution < -0.4 is 0 Å². The van der Waals surface area contributed by atoms with Crippen molar-refractivity contribution in [3.8, 4) is 0 Å². The maximum absolute atomic E-state index is 12.5. The van der Waals surface area contributed by atoms with Gasteiger partial charge in [-0.1, -0.05) is 18.2 Å². The van der Waals surface area contributed by atoms with Crippen molar-refractivity contribution in [3.05, 3.63) is 39.5 Å². The molecule has 0 unspecified atom stereocenters. The van der Waals surface area contributed by atoms with Crippen LogP contribution in [0.2, 0.25) is 0 Å². The number of benzene rings is 1. The van der Waals surface area contributed by atoms with Gasteiger partial charge in [0.25, 0.3) is 0 Å². The minimum Gasteiger partial charge on any atom is -0.465 e. The van der Waals surface area contributed by atoms with Gasteiger partial charge in [-0.05, 0) is 12.1 Å². The number of carbonyl (C=O) groups is 1. The number of methoxy groups -OCH3 is 1. The lowest BCUT2D eigenvalue weighted by Gasteiger charge is -2.09. The van der Waals surface area contributed by atoms with Crippen LogP contribution >= 0.6 is 23.5 Å². The molecule has 7 heteroatoms. The Bertz CT molecular complexity index is 597. The Balaban J connectivity index is 2.57. The van der Waals surface area contributed by atoms with Crippen molar-refractivity contribution in [2.24, 2.45) is 0 Å². The molecule has 0 aliphatic carbocycles. The van der Waals surface area contributed by atoms with E-state index >= 15 is 0 Å². The molecule has 1 heterocycles. The maximum atomic E-state index is 12.5. The number of hydrogen-bond donors (Lipinski definition) is 0. The largest absolute Gasteiger partial charge is 0.465 e. The molecular weight excluding hydrogens is 304 g/mol. The van der Waals surface area contributed by atoms with Crippen LogP contribution in [0.15, 0.2) is 44.4 Å². The van der Waals surface area contributed by atoms with Crippen LogP contribution in [0.4, 0.5) is 0 Å². The fourth-order valence-electron chi connectivity index (χ4n) is 1.55. The smallest absolute Gasteiger partial charge is 0.351 e. The van der Waals surface area contributed by atoms with Gasteiger partial charge in [0.1, 0.15) is 0 Å². The van der Waals surface area contributed by atoms with Crippen LogP contribution in [-0.4, -0.2) is 33.0 Å². The molecular formula is C12H12O4S3. The van der Waals surface area contributed by atoms with E-state index in [4.69, 9.17) is 0 Å². The van der Waals surface area contributed by atoms with Crippen molar-refractivity contribution in [2.45, 2.75) is 4.90 Å². The quantitative estimate of drug-likeness (QED) is 0.630. The molecule has 0 radical (unpaired) electrons. The Morgan fingerprint density at radius 2 is 1.74 bits per heavy atom. The first kappa shape index (κ1) is 14.5. The van der Waals surface area contributed by atoms with Crippen LogP contribution in [0, 0.1) is 0 Å². The Morgan fingerprint density at radius 1 is 1.16 bits per heavy atom. The average Bonchev–Trinajstić information content (AvgIpc) is 2.93. The third-order valence-corrected chi connectivity index (χ3v) is 7.20. The first-order chi connectivity index (χ1) is 9.07. The summed E-state index contributed by atoms with van der Waals surface area (Å²) in [5, 5.41) is 0. The summed E-state index contributed by atoms with van der Waals surface area (Å²) in [4.78, 5) is 11.7. The molecule has 0 atom stereocenters. The summed E-state index contributed by atoms with van der Waals surface area (Å²) in [6.45, 7) is 0. The van der Waals surface area contributed by atoms with Gasteiger partial charge in [0.05, 0.1) is 16.2 Å². The number of carbonyl (C=O) groups excluding carboxylic acids is 1. The monoisotopic (exact) mass is 316 g/mol. The van der Waals surface area contributed by atoms with Crippen molar-refractivity contribution in [1.29, 1.82) is 0 Å². The highest BCUT2D eigenvalue weighted by Gasteiger charge is 2.33. The highest BCUT2D eigenvalue weighted by atomic mass is 32.2. The topological polar surface area (TPSA) is 60.4 Å². The van der Waals surface area contributed by atoms with Crippen LogP contribution in [0.25, 0.3) is 0 Å². The van der Waals surface area contributed by atoms with E-state index in [-0.39, 0.29) is 9.80 Å². The van der Waals surface area contributed by atoms with Gasteiger partial charge >= 0.3 is 5.97 Å². The lowest BCUT2D eigenvalue weighted by atomic mass is 10.4. The number of sulfone groups is 1. The normalized spacial score (nSPS) is 15.3. The molecule has 2 rings (SSSR count). The summed E-state index contributed by atoms with van der Waals surface area (Å²) in [7, 11) is -2.64. The van der Waals surface area contributed by atoms with Gasteiger partial charge in [-0.15, -0.1) is 23.5 Å². The molecule has 0 bridgehead atoms. The molecule has 1 aliphatic heterocycles. The molecule has 1 aromatic carbocycles. The zero-order chi connectivity index (χ0) is 13.9. The van der Waals surface area contributed by atoms with E-state index in [0.29, 0.717) is 4.24 Å². The first-order valence-electron chi connectivity index (χ1n) is 5.45. The molecule has 1 saturated heterocycles. The molecule has 0 saturated carbocycles. The lowest BCUT2D eigenvalue weighted by molar-refractivity contribution is -0.135. The number of thioether (sulfide) groups is 2. The van der Waals surface area contributed by atoms with Crippen molar-refractivity contribution in [2.75, 3.05) is 18.6 Å². The SMILES string of the molecule is COC(=O)C(=C1SCCS1)S(=O)(=O)c1ccccc1. The Hall–Kier alpha value is -0.920. The minimum absolute atomic E-state index is 0.107. The summed E-state index contributed by atoms with van der Waals surface area (Å²) in [5.74, 6) is 0.788. The van der Waals surface area contributed by atoms with E-state index in [1.807, 2.05) is 0 Å². The summed E-state index contributed by atoms with van der Waals surface area (Å²) < 4.78 is 30.2. The molecule has 1 fully saturated rings. The third-order valence-electron chi connectivity index (χ3n) is 2.43. The summed E-state index contributed by atoms with van der Waals surface area (Å²) in [6, 6.07) is 7.93. The summed E-state index contributed by atoms with van der Waals surface area (Å²) in [6.07, 6.45) is 0. The number of hydrogen-bond acceptors (Lipinski definition) is 6. The Labute approximate surface area is 120 Å². The second kappa shape index (κ2) is 6.02. The van der Waals surface area contributed by atoms with E-state index in [1.54, 1.807) is 18.2 Å². The van der Waals surface area contributed by atoms with Gasteiger partial charge in [-0.3, -0.25) is 0 Å². The molecule has 0 aromatic heterocycles. The highest BCUT2D eigenvalue weighted by molar-refractivity contribution is 8.26. The Kier molecular flexibility index (Phi) is 4.59. The standard InChI is InChI=1S/C12H12O4S3/c1-16-11(13)10(12-17-7-8-18-12)19(14,15)9-5-3-2-4-6-9/h2-6H,7-8H2,1H3. The fourth-order valence-corrected chi connectivity index (χ4v) is 6.14. The fraction of sp³-hybridized carbons (Fsp3) is 0.250. The molecule has 4 nitrogen and oxygen atoms in total. The first-order valence-corrected chi connectivity index (χ1v) is 8.91. The van der Waals surface area contributed by atoms with Crippen LogP contribution in [0.3, 0.4) is 0 Å². The van der Waals surface area contributed by atoms with Crippen molar-refractivity contribution in [1.82, 2.24) is 0 Å². The third kappa shape index (κ3) is 2.98. The van der Waals surface area contributed by atoms with Crippen LogP contribution in [0.5, 0.6) is 0 Å². The van der Waals surface area contributed by atoms with Gasteiger partial charge in [0.2, 0.25) is 9.84 Å². The van der Waals surface area contributed by atoms with Crippen LogP contribution in [-0.2, 0) is 19.4 Å². The van der Waals surface area contributed by atoms with Gasteiger partial charge in [0.15, 0.2) is 4.91 Å². The van der Waals surface area contributed by atoms with E-state index in [1.165, 1.54) is 42.8 Å². The number of esters is 1. The molecule has 102 valence electrons. The average molecular weight is 316 g/mol. The molecule has 0 N–H and O–H groups in total. The van der Waals surface area contributed by atoms with Gasteiger partial charge in [-0.2, -0.15) is 0 Å². The molecule has 1 aliphatic rings. The molecule has 1 aromatic rings. The predicted molar refractivity (Wildman–Crippen MR) is 77.6 cm³/mol. The van der Waals surface area contributed by atoms with E-state index in [2.05, 4.69) is 4.74 Å². The van der Waals surface area contributed by atoms with E-state index in [9.17, 15) is 13.2 Å². The molecule has 0 spiro atoms. The summed E-state index contributed by atoms with van der Waals surface area (Å²) in [5.41, 5.74) is 0. The number of rotatable bonds is 3. The maximum Gasteiger partial charge on any atom is 0.351 e. The van der Waals surface area contributed by atoms with Gasteiger partial charge < -0.3 is 4.74 Å². The molecule has 19 heavy (non-hydrogen) atoms. The van der Waals surface area contributed by atoms with Crippen molar-refractivity contribution in [3.63, 3.8) is 0 Å². The van der Waals surface area contributed by atoms with Crippen LogP contribution in [0.1, 0.15) is 0 Å². The predicted octanol–water partition coefficient (Wildman–Crippen LogP) is 2.28. The van der Waals surface area contributed by atoms with Gasteiger partial charge in [0, 0.05) is 11.5 Å². The highest BCUT2D eigenvalue weighted by Crippen LogP contribution is 2.41. The minimum atomic E-state index is -3.83. The zero-order valence-electron chi connectivity index (χ0n) is 10.2. The second-order valence-electron chi connectivity index (χ2n) is 3.62. The lowest BCUT2D eigenvalue weighted by Crippen LogP contribution is -2.16. The number of ether oxygens (including phenoxy) is 1. The Morgan fingerprint density at radius 3 is 2.26 bits per heavy atom. The second-order valence-corrected chi connectivity index (χ2v) is 7.98. The van der Waals surface area contributed by atoms with E-state index in [0.717, 1.165) is 11.5 Å². The zero-order valence-corrected chi connectivity index (χ0v) is 12.6.